The maximum atomic E-state index is 16.9. The van der Waals surface area contributed by atoms with Gasteiger partial charge in [-0.25, -0.2) is 9.37 Å². The van der Waals surface area contributed by atoms with Gasteiger partial charge in [-0.15, -0.1) is 0 Å². The summed E-state index contributed by atoms with van der Waals surface area (Å²) in [5.41, 5.74) is 5.84. The summed E-state index contributed by atoms with van der Waals surface area (Å²) in [6.07, 6.45) is 7.08. The van der Waals surface area contributed by atoms with Gasteiger partial charge < -0.3 is 25.6 Å². The largest absolute Gasteiger partial charge is 0.389 e. The van der Waals surface area contributed by atoms with Gasteiger partial charge in [-0.2, -0.15) is 0 Å². The Kier molecular flexibility index (Phi) is 4.76. The first-order valence-corrected chi connectivity index (χ1v) is 13.5. The average Bonchev–Trinajstić information content (AvgIpc) is 3.40. The third-order valence-corrected chi connectivity index (χ3v) is 10.8. The number of likely N-dealkylation sites (N-methyl/N-ethyl adjacent to an activating group) is 1. The van der Waals surface area contributed by atoms with Gasteiger partial charge in [0.25, 0.3) is 0 Å². The van der Waals surface area contributed by atoms with E-state index in [0.29, 0.717) is 18.7 Å². The third-order valence-electron chi connectivity index (χ3n) is 10.8. The Morgan fingerprint density at radius 3 is 2.76 bits per heavy atom. The summed E-state index contributed by atoms with van der Waals surface area (Å²) in [6, 6.07) is 8.05. The van der Waals surface area contributed by atoms with Gasteiger partial charge >= 0.3 is 0 Å². The lowest BCUT2D eigenvalue weighted by Gasteiger charge is -2.61. The van der Waals surface area contributed by atoms with Crippen molar-refractivity contribution >= 4 is 22.2 Å². The molecule has 2 spiro atoms. The molecule has 2 saturated heterocycles. The van der Waals surface area contributed by atoms with Crippen molar-refractivity contribution in [3.8, 4) is 0 Å². The molecule has 7 rings (SSSR count). The van der Waals surface area contributed by atoms with Gasteiger partial charge in [0.1, 0.15) is 17.5 Å². The van der Waals surface area contributed by atoms with Crippen LogP contribution in [0.4, 0.5) is 10.2 Å². The second-order valence-electron chi connectivity index (χ2n) is 12.6. The number of anilines is 1. The Balaban J connectivity index is 1.29. The number of nitrogen functional groups attached to an aromatic ring is 1. The van der Waals surface area contributed by atoms with Crippen LogP contribution in [0.15, 0.2) is 48.2 Å². The zero-order chi connectivity index (χ0) is 26.0. The first kappa shape index (κ1) is 23.8. The fraction of sp³-hybridized carbons (Fsp3) is 0.567. The average molecular weight is 506 g/mol. The van der Waals surface area contributed by atoms with Gasteiger partial charge in [0, 0.05) is 35.4 Å². The molecule has 2 bridgehead atoms. The predicted octanol–water partition coefficient (Wildman–Crippen LogP) is 4.01. The molecule has 3 heterocycles. The second-order valence-corrected chi connectivity index (χ2v) is 12.6. The number of allylic oxidation sites excluding steroid dienone is 3. The number of hydrogen-bond acceptors (Lipinski definition) is 6. The fourth-order valence-corrected chi connectivity index (χ4v) is 8.79. The van der Waals surface area contributed by atoms with E-state index < -0.39 is 29.1 Å². The van der Waals surface area contributed by atoms with E-state index >= 15 is 4.39 Å². The standard InChI is InChI=1S/C30H36FN3O3/c1-27-10-8-19-15-30(31)25(36)24(35)22(34(2)3)16-28(30)11-12-29(19,37-28)23(27)7-6-21(27)18-5-4-17-9-13-33-26(32)20(17)14-18/h4-6,8-9,13-14,22-25,35-36H,7,10-12,15-16H2,1-3H3,(H2,32,33)/t22-,23?,24+,25-,27+,28+,29+,30?/m0/s1. The number of fused-ring (bicyclic) bond motifs is 2. The van der Waals surface area contributed by atoms with E-state index in [0.717, 1.165) is 41.2 Å². The summed E-state index contributed by atoms with van der Waals surface area (Å²) in [5.74, 6) is 0.716. The van der Waals surface area contributed by atoms with Crippen molar-refractivity contribution in [3.05, 3.63) is 53.8 Å². The highest BCUT2D eigenvalue weighted by atomic mass is 19.1. The molecule has 7 heteroatoms. The summed E-state index contributed by atoms with van der Waals surface area (Å²) in [7, 11) is 3.75. The summed E-state index contributed by atoms with van der Waals surface area (Å²) in [6.45, 7) is 2.32. The van der Waals surface area contributed by atoms with Crippen LogP contribution in [0.2, 0.25) is 0 Å². The van der Waals surface area contributed by atoms with E-state index in [9.17, 15) is 10.2 Å². The SMILES string of the molecule is CN(C)[C@H]1C[C@@]23CC[C@@]4(O2)C(=CC[C@]2(C)C(c5ccc6ccnc(N)c6c5)=CCC24)CC3(F)[C@@H](O)[C@@H]1O. The van der Waals surface area contributed by atoms with Crippen LogP contribution < -0.4 is 5.73 Å². The quantitative estimate of drug-likeness (QED) is 0.534. The number of nitrogens with zero attached hydrogens (tertiary/aromatic N) is 2. The maximum Gasteiger partial charge on any atom is 0.171 e. The number of halogens is 1. The normalized spacial score (nSPS) is 44.3. The van der Waals surface area contributed by atoms with E-state index in [4.69, 9.17) is 10.5 Å². The predicted molar refractivity (Wildman–Crippen MR) is 141 cm³/mol. The number of alkyl halides is 1. The number of pyridine rings is 1. The van der Waals surface area contributed by atoms with E-state index in [-0.39, 0.29) is 23.8 Å². The third kappa shape index (κ3) is 2.81. The van der Waals surface area contributed by atoms with E-state index in [2.05, 4.69) is 42.3 Å². The molecule has 1 saturated carbocycles. The highest BCUT2D eigenvalue weighted by Crippen LogP contribution is 2.70. The Bertz CT molecular complexity index is 1380. The van der Waals surface area contributed by atoms with Gasteiger partial charge in [-0.1, -0.05) is 31.2 Å². The molecule has 3 aliphatic carbocycles. The van der Waals surface area contributed by atoms with Gasteiger partial charge in [0.15, 0.2) is 5.67 Å². The first-order chi connectivity index (χ1) is 17.5. The lowest BCUT2D eigenvalue weighted by Crippen LogP contribution is -2.73. The Hall–Kier alpha value is -2.32. The van der Waals surface area contributed by atoms with Crippen molar-refractivity contribution in [2.24, 2.45) is 11.3 Å². The van der Waals surface area contributed by atoms with Crippen LogP contribution in [0.5, 0.6) is 0 Å². The van der Waals surface area contributed by atoms with Crippen molar-refractivity contribution < 1.29 is 19.3 Å². The highest BCUT2D eigenvalue weighted by Gasteiger charge is 2.76. The van der Waals surface area contributed by atoms with Crippen molar-refractivity contribution in [1.82, 2.24) is 9.88 Å². The molecule has 196 valence electrons. The molecular weight excluding hydrogens is 469 g/mol. The Labute approximate surface area is 217 Å². The van der Waals surface area contributed by atoms with Crippen LogP contribution >= 0.6 is 0 Å². The van der Waals surface area contributed by atoms with Gasteiger partial charge in [0.05, 0.1) is 11.7 Å². The molecule has 2 aliphatic heterocycles. The molecule has 2 unspecified atom stereocenters. The number of aliphatic hydroxyl groups excluding tert-OH is 2. The van der Waals surface area contributed by atoms with Crippen LogP contribution in [0.25, 0.3) is 16.3 Å². The lowest BCUT2D eigenvalue weighted by molar-refractivity contribution is -0.282. The number of benzene rings is 1. The van der Waals surface area contributed by atoms with Gasteiger partial charge in [0.2, 0.25) is 0 Å². The van der Waals surface area contributed by atoms with E-state index in [1.165, 1.54) is 5.57 Å². The maximum absolute atomic E-state index is 16.9. The van der Waals surface area contributed by atoms with Crippen molar-refractivity contribution in [3.63, 3.8) is 0 Å². The van der Waals surface area contributed by atoms with Crippen LogP contribution in [0, 0.1) is 11.3 Å². The number of ether oxygens (including phenoxy) is 1. The second kappa shape index (κ2) is 7.41. The molecular formula is C30H36FN3O3. The molecule has 37 heavy (non-hydrogen) atoms. The summed E-state index contributed by atoms with van der Waals surface area (Å²) < 4.78 is 23.9. The van der Waals surface area contributed by atoms with Gasteiger partial charge in [-0.3, -0.25) is 0 Å². The molecule has 0 amide bonds. The first-order valence-electron chi connectivity index (χ1n) is 13.5. The fourth-order valence-electron chi connectivity index (χ4n) is 8.79. The van der Waals surface area contributed by atoms with Gasteiger partial charge in [-0.05, 0) is 80.4 Å². The Morgan fingerprint density at radius 2 is 1.97 bits per heavy atom. The zero-order valence-corrected chi connectivity index (χ0v) is 21.7. The smallest absolute Gasteiger partial charge is 0.171 e. The molecule has 1 aromatic heterocycles. The van der Waals surface area contributed by atoms with Crippen LogP contribution in [-0.4, -0.2) is 69.3 Å². The molecule has 1 aromatic carbocycles. The summed E-state index contributed by atoms with van der Waals surface area (Å²) >= 11 is 0. The monoisotopic (exact) mass is 505 g/mol. The van der Waals surface area contributed by atoms with Crippen molar-refractivity contribution in [2.75, 3.05) is 19.8 Å². The minimum absolute atomic E-state index is 0.130. The molecule has 4 N–H and O–H groups in total. The number of aromatic nitrogens is 1. The van der Waals surface area contributed by atoms with Crippen LogP contribution in [0.3, 0.4) is 0 Å². The number of aliphatic hydroxyl groups is 2. The Morgan fingerprint density at radius 1 is 1.16 bits per heavy atom. The number of hydrogen-bond donors (Lipinski definition) is 3. The zero-order valence-electron chi connectivity index (χ0n) is 21.7. The van der Waals surface area contributed by atoms with E-state index in [1.807, 2.05) is 25.1 Å². The van der Waals surface area contributed by atoms with Crippen LogP contribution in [-0.2, 0) is 4.74 Å². The molecule has 6 nitrogen and oxygen atoms in total. The minimum Gasteiger partial charge on any atom is -0.389 e. The highest BCUT2D eigenvalue weighted by molar-refractivity contribution is 5.94. The molecule has 5 aliphatic rings. The minimum atomic E-state index is -1.99. The summed E-state index contributed by atoms with van der Waals surface area (Å²) in [4.78, 5) is 6.17. The topological polar surface area (TPSA) is 91.8 Å². The number of rotatable bonds is 2. The number of nitrogens with two attached hydrogens (primary N) is 1. The molecule has 0 radical (unpaired) electrons. The molecule has 2 aromatic rings. The van der Waals surface area contributed by atoms with Crippen molar-refractivity contribution in [1.29, 1.82) is 0 Å². The summed E-state index contributed by atoms with van der Waals surface area (Å²) in [5, 5.41) is 24.0. The van der Waals surface area contributed by atoms with Crippen molar-refractivity contribution in [2.45, 2.75) is 80.6 Å². The lowest BCUT2D eigenvalue weighted by atomic mass is 9.56. The molecule has 8 atom stereocenters. The van der Waals surface area contributed by atoms with Crippen LogP contribution in [0.1, 0.15) is 51.0 Å². The van der Waals surface area contributed by atoms with E-state index in [1.54, 1.807) is 6.20 Å². The molecule has 3 fully saturated rings.